The summed E-state index contributed by atoms with van der Waals surface area (Å²) in [5.41, 5.74) is 0. The molecule has 6 atom stereocenters. The highest BCUT2D eigenvalue weighted by Crippen LogP contribution is 2.22. The van der Waals surface area contributed by atoms with Gasteiger partial charge in [-0.3, -0.25) is 4.79 Å². The van der Waals surface area contributed by atoms with Gasteiger partial charge in [-0.1, -0.05) is 150 Å². The first-order valence-electron chi connectivity index (χ1n) is 23.2. The van der Waals surface area contributed by atoms with E-state index in [9.17, 15) is 25.2 Å². The molecule has 0 aromatic rings. The van der Waals surface area contributed by atoms with Crippen LogP contribution in [0, 0.1) is 0 Å². The number of allylic oxidation sites excluding steroid dienone is 14. The molecule has 0 spiro atoms. The molecule has 1 heterocycles. The third-order valence-electron chi connectivity index (χ3n) is 10.0. The molecule has 59 heavy (non-hydrogen) atoms. The largest absolute Gasteiger partial charge is 0.457 e. The third kappa shape index (κ3) is 31.8. The molecule has 1 aliphatic heterocycles. The number of carbonyl (C=O) groups excluding carboxylic acids is 1. The van der Waals surface area contributed by atoms with Gasteiger partial charge in [-0.25, -0.2) is 0 Å². The number of aliphatic hydroxyl groups excluding tert-OH is 4. The molecule has 1 rings (SSSR count). The van der Waals surface area contributed by atoms with E-state index in [1.54, 1.807) is 0 Å². The number of unbranched alkanes of at least 4 members (excludes halogenated alkanes) is 13. The Morgan fingerprint density at radius 1 is 0.559 bits per heavy atom. The van der Waals surface area contributed by atoms with E-state index in [2.05, 4.69) is 98.9 Å². The summed E-state index contributed by atoms with van der Waals surface area (Å²) in [7, 11) is 0. The Kier molecular flexibility index (Phi) is 37.6. The van der Waals surface area contributed by atoms with Gasteiger partial charge >= 0.3 is 5.97 Å². The molecule has 9 heteroatoms. The SMILES string of the molecule is CC/C=C\C/C=C\C/C=C\C/C=C\C/C=C\C/C=C\CCCCCCCOCC(COC1OC(CO)C(O)C(O)C1O)OC(=O)CCCCCCC/C=C\CCCCC. The predicted octanol–water partition coefficient (Wildman–Crippen LogP) is 10.6. The maximum absolute atomic E-state index is 12.7. The standard InChI is InChI=1S/C50H84O9/c1-3-5-7-9-11-13-15-17-18-19-20-21-22-23-24-25-26-27-28-30-32-34-36-38-40-56-42-44(43-57-50-49(55)48(54)47(53)45(41-51)59-50)58-46(52)39-37-35-33-31-29-16-14-12-10-8-6-4-2/h5,7,11-14,17-18,20-21,23-24,26-27,44-45,47-51,53-55H,3-4,6,8-10,15-16,19,22,25,28-43H2,1-2H3/b7-5-,13-11-,14-12-,18-17-,21-20-,24-23-,27-26-. The van der Waals surface area contributed by atoms with Gasteiger partial charge in [0.05, 0.1) is 19.8 Å². The maximum Gasteiger partial charge on any atom is 0.306 e. The van der Waals surface area contributed by atoms with Crippen molar-refractivity contribution < 1.29 is 44.2 Å². The molecule has 1 fully saturated rings. The second kappa shape index (κ2) is 40.8. The summed E-state index contributed by atoms with van der Waals surface area (Å²) in [6.45, 7) is 4.34. The minimum Gasteiger partial charge on any atom is -0.457 e. The Labute approximate surface area is 359 Å². The molecule has 9 nitrogen and oxygen atoms in total. The first kappa shape index (κ1) is 54.4. The summed E-state index contributed by atoms with van der Waals surface area (Å²) in [4.78, 5) is 12.7. The summed E-state index contributed by atoms with van der Waals surface area (Å²) in [6.07, 6.45) is 47.5. The smallest absolute Gasteiger partial charge is 0.306 e. The second-order valence-electron chi connectivity index (χ2n) is 15.5. The monoisotopic (exact) mass is 829 g/mol. The Hall–Kier alpha value is -2.63. The highest BCUT2D eigenvalue weighted by atomic mass is 16.7. The summed E-state index contributed by atoms with van der Waals surface area (Å²) in [6, 6.07) is 0. The van der Waals surface area contributed by atoms with Crippen molar-refractivity contribution in [1.82, 2.24) is 0 Å². The highest BCUT2D eigenvalue weighted by Gasteiger charge is 2.44. The van der Waals surface area contributed by atoms with Crippen molar-refractivity contribution in [3.8, 4) is 0 Å². The van der Waals surface area contributed by atoms with Crippen molar-refractivity contribution in [3.05, 3.63) is 85.1 Å². The van der Waals surface area contributed by atoms with Gasteiger partial charge in [-0.05, 0) is 89.9 Å². The first-order valence-corrected chi connectivity index (χ1v) is 23.2. The normalized spacial score (nSPS) is 20.9. The average molecular weight is 829 g/mol. The molecule has 0 radical (unpaired) electrons. The number of carbonyl (C=O) groups is 1. The minimum absolute atomic E-state index is 0.123. The number of ether oxygens (including phenoxy) is 4. The van der Waals surface area contributed by atoms with Gasteiger partial charge in [-0.15, -0.1) is 0 Å². The molecular weight excluding hydrogens is 745 g/mol. The topological polar surface area (TPSA) is 135 Å². The lowest BCUT2D eigenvalue weighted by molar-refractivity contribution is -0.305. The molecule has 1 aliphatic rings. The van der Waals surface area contributed by atoms with Crippen LogP contribution in [0.5, 0.6) is 0 Å². The molecule has 0 aromatic heterocycles. The molecule has 6 unspecified atom stereocenters. The summed E-state index contributed by atoms with van der Waals surface area (Å²) in [5.74, 6) is -0.335. The molecule has 338 valence electrons. The van der Waals surface area contributed by atoms with Gasteiger partial charge < -0.3 is 39.4 Å². The van der Waals surface area contributed by atoms with Crippen molar-refractivity contribution >= 4 is 5.97 Å². The lowest BCUT2D eigenvalue weighted by atomic mass is 9.99. The van der Waals surface area contributed by atoms with Gasteiger partial charge in [0.25, 0.3) is 0 Å². The molecule has 0 aliphatic carbocycles. The highest BCUT2D eigenvalue weighted by molar-refractivity contribution is 5.69. The van der Waals surface area contributed by atoms with Crippen LogP contribution in [0.15, 0.2) is 85.1 Å². The molecule has 0 aromatic carbocycles. The van der Waals surface area contributed by atoms with E-state index in [0.29, 0.717) is 13.0 Å². The number of esters is 1. The van der Waals surface area contributed by atoms with Gasteiger partial charge in [-0.2, -0.15) is 0 Å². The Morgan fingerprint density at radius 3 is 1.58 bits per heavy atom. The summed E-state index contributed by atoms with van der Waals surface area (Å²) in [5, 5.41) is 40.1. The zero-order valence-corrected chi connectivity index (χ0v) is 37.0. The Morgan fingerprint density at radius 2 is 1.03 bits per heavy atom. The molecule has 0 amide bonds. The van der Waals surface area contributed by atoms with E-state index in [1.807, 2.05) is 0 Å². The summed E-state index contributed by atoms with van der Waals surface area (Å²) < 4.78 is 22.8. The van der Waals surface area contributed by atoms with Crippen LogP contribution in [0.3, 0.4) is 0 Å². The van der Waals surface area contributed by atoms with Crippen LogP contribution in [0.25, 0.3) is 0 Å². The first-order chi connectivity index (χ1) is 28.9. The van der Waals surface area contributed by atoms with Crippen molar-refractivity contribution in [2.24, 2.45) is 0 Å². The van der Waals surface area contributed by atoms with Crippen LogP contribution < -0.4 is 0 Å². The molecule has 0 bridgehead atoms. The zero-order valence-electron chi connectivity index (χ0n) is 37.0. The Balaban J connectivity index is 2.26. The maximum atomic E-state index is 12.7. The number of rotatable bonds is 38. The van der Waals surface area contributed by atoms with Gasteiger partial charge in [0.2, 0.25) is 0 Å². The van der Waals surface area contributed by atoms with E-state index in [1.165, 1.54) is 25.7 Å². The molecule has 0 saturated carbocycles. The molecule has 4 N–H and O–H groups in total. The fourth-order valence-corrected chi connectivity index (χ4v) is 6.43. The molecular formula is C50H84O9. The van der Waals surface area contributed by atoms with E-state index < -0.39 is 43.4 Å². The number of hydrogen-bond donors (Lipinski definition) is 4. The van der Waals surface area contributed by atoms with E-state index >= 15 is 0 Å². The zero-order chi connectivity index (χ0) is 42.9. The van der Waals surface area contributed by atoms with Crippen molar-refractivity contribution in [2.45, 2.75) is 198 Å². The van der Waals surface area contributed by atoms with Crippen molar-refractivity contribution in [3.63, 3.8) is 0 Å². The van der Waals surface area contributed by atoms with Crippen molar-refractivity contribution in [1.29, 1.82) is 0 Å². The fourth-order valence-electron chi connectivity index (χ4n) is 6.43. The molecule has 1 saturated heterocycles. The van der Waals surface area contributed by atoms with E-state index in [-0.39, 0.29) is 19.2 Å². The van der Waals surface area contributed by atoms with Crippen LogP contribution in [0.2, 0.25) is 0 Å². The van der Waals surface area contributed by atoms with Gasteiger partial charge in [0.1, 0.15) is 30.5 Å². The van der Waals surface area contributed by atoms with Gasteiger partial charge in [0.15, 0.2) is 6.29 Å². The van der Waals surface area contributed by atoms with Crippen LogP contribution in [-0.4, -0.2) is 89.6 Å². The lowest BCUT2D eigenvalue weighted by Crippen LogP contribution is -2.59. The van der Waals surface area contributed by atoms with Crippen molar-refractivity contribution in [2.75, 3.05) is 26.4 Å². The van der Waals surface area contributed by atoms with Gasteiger partial charge in [0, 0.05) is 13.0 Å². The van der Waals surface area contributed by atoms with E-state index in [4.69, 9.17) is 18.9 Å². The van der Waals surface area contributed by atoms with Crippen LogP contribution >= 0.6 is 0 Å². The minimum atomic E-state index is -1.55. The van der Waals surface area contributed by atoms with E-state index in [0.717, 1.165) is 116 Å². The lowest BCUT2D eigenvalue weighted by Gasteiger charge is -2.39. The van der Waals surface area contributed by atoms with Crippen LogP contribution in [0.1, 0.15) is 162 Å². The predicted molar refractivity (Wildman–Crippen MR) is 242 cm³/mol. The fraction of sp³-hybridized carbons (Fsp3) is 0.700. The number of aliphatic hydroxyl groups is 4. The quantitative estimate of drug-likeness (QED) is 0.0272. The Bertz CT molecular complexity index is 1170. The van der Waals surface area contributed by atoms with Crippen LogP contribution in [-0.2, 0) is 23.7 Å². The summed E-state index contributed by atoms with van der Waals surface area (Å²) >= 11 is 0. The third-order valence-corrected chi connectivity index (χ3v) is 10.0. The second-order valence-corrected chi connectivity index (χ2v) is 15.5. The van der Waals surface area contributed by atoms with Crippen LogP contribution in [0.4, 0.5) is 0 Å². The number of hydrogen-bond acceptors (Lipinski definition) is 9. The average Bonchev–Trinajstić information content (AvgIpc) is 3.24.